The highest BCUT2D eigenvalue weighted by Crippen LogP contribution is 2.32. The zero-order chi connectivity index (χ0) is 17.3. The van der Waals surface area contributed by atoms with Crippen LogP contribution in [0.2, 0.25) is 0 Å². The predicted octanol–water partition coefficient (Wildman–Crippen LogP) is 5.58. The molecule has 0 spiro atoms. The van der Waals surface area contributed by atoms with Gasteiger partial charge < -0.3 is 4.74 Å². The van der Waals surface area contributed by atoms with Gasteiger partial charge in [-0.1, -0.05) is 25.7 Å². The van der Waals surface area contributed by atoms with E-state index in [1.54, 1.807) is 0 Å². The van der Waals surface area contributed by atoms with Crippen molar-refractivity contribution in [2.45, 2.75) is 44.7 Å². The summed E-state index contributed by atoms with van der Waals surface area (Å²) < 4.78 is 56.2. The van der Waals surface area contributed by atoms with Crippen LogP contribution in [0.3, 0.4) is 0 Å². The standard InChI is InChI=1S/C16H19ClF4O2/c17-9-5-3-1-2-4-6-10-23-15(22)13-8-7-12(18)11-14(13)16(19,20)21/h7-8,11H,1-6,9-10H2. The Kier molecular flexibility index (Phi) is 8.37. The topological polar surface area (TPSA) is 26.3 Å². The number of carbonyl (C=O) groups excluding carboxylic acids is 1. The molecule has 0 aliphatic heterocycles. The van der Waals surface area contributed by atoms with Gasteiger partial charge in [-0.05, 0) is 31.0 Å². The van der Waals surface area contributed by atoms with E-state index < -0.39 is 29.1 Å². The maximum Gasteiger partial charge on any atom is 0.417 e. The van der Waals surface area contributed by atoms with E-state index in [1.165, 1.54) is 0 Å². The fraction of sp³-hybridized carbons (Fsp3) is 0.562. The summed E-state index contributed by atoms with van der Waals surface area (Å²) >= 11 is 5.55. The highest BCUT2D eigenvalue weighted by Gasteiger charge is 2.36. The van der Waals surface area contributed by atoms with Gasteiger partial charge in [-0.3, -0.25) is 0 Å². The maximum absolute atomic E-state index is 13.0. The minimum atomic E-state index is -4.81. The third kappa shape index (κ3) is 7.20. The molecule has 1 rings (SSSR count). The molecule has 0 amide bonds. The predicted molar refractivity (Wildman–Crippen MR) is 80.1 cm³/mol. The van der Waals surface area contributed by atoms with Crippen LogP contribution in [0, 0.1) is 5.82 Å². The van der Waals surface area contributed by atoms with E-state index in [0.717, 1.165) is 44.2 Å². The first-order valence-electron chi connectivity index (χ1n) is 7.46. The molecule has 0 aliphatic rings. The van der Waals surface area contributed by atoms with Crippen LogP contribution >= 0.6 is 11.6 Å². The molecule has 0 aromatic heterocycles. The van der Waals surface area contributed by atoms with Crippen molar-refractivity contribution >= 4 is 17.6 Å². The van der Waals surface area contributed by atoms with Gasteiger partial charge in [0.2, 0.25) is 0 Å². The Morgan fingerprint density at radius 2 is 1.65 bits per heavy atom. The number of ether oxygens (including phenoxy) is 1. The van der Waals surface area contributed by atoms with Crippen LogP contribution in [-0.4, -0.2) is 18.5 Å². The van der Waals surface area contributed by atoms with Crippen LogP contribution in [0.25, 0.3) is 0 Å². The molecule has 1 aromatic carbocycles. The first kappa shape index (κ1) is 19.7. The lowest BCUT2D eigenvalue weighted by Crippen LogP contribution is -2.16. The van der Waals surface area contributed by atoms with Crippen molar-refractivity contribution in [1.29, 1.82) is 0 Å². The molecule has 130 valence electrons. The second-order valence-electron chi connectivity index (χ2n) is 5.13. The molecule has 0 unspecified atom stereocenters. The van der Waals surface area contributed by atoms with Crippen molar-refractivity contribution in [1.82, 2.24) is 0 Å². The quantitative estimate of drug-likeness (QED) is 0.250. The van der Waals surface area contributed by atoms with Gasteiger partial charge in [0, 0.05) is 5.88 Å². The van der Waals surface area contributed by atoms with Crippen LogP contribution in [0.5, 0.6) is 0 Å². The Balaban J connectivity index is 2.44. The molecule has 0 saturated heterocycles. The SMILES string of the molecule is O=C(OCCCCCCCCCl)c1ccc(F)cc1C(F)(F)F. The van der Waals surface area contributed by atoms with Crippen LogP contribution in [0.4, 0.5) is 17.6 Å². The molecule has 0 aliphatic carbocycles. The van der Waals surface area contributed by atoms with Crippen LogP contribution < -0.4 is 0 Å². The van der Waals surface area contributed by atoms with Crippen molar-refractivity contribution < 1.29 is 27.1 Å². The number of unbranched alkanes of at least 4 members (excludes halogenated alkanes) is 5. The molecule has 0 radical (unpaired) electrons. The maximum atomic E-state index is 13.0. The summed E-state index contributed by atoms with van der Waals surface area (Å²) in [6, 6.07) is 1.91. The summed E-state index contributed by atoms with van der Waals surface area (Å²) in [4.78, 5) is 11.7. The molecule has 0 N–H and O–H groups in total. The van der Waals surface area contributed by atoms with Gasteiger partial charge in [0.15, 0.2) is 0 Å². The van der Waals surface area contributed by atoms with E-state index in [9.17, 15) is 22.4 Å². The summed E-state index contributed by atoms with van der Waals surface area (Å²) in [5.74, 6) is -1.50. The molecule has 0 atom stereocenters. The molecule has 7 heteroatoms. The summed E-state index contributed by atoms with van der Waals surface area (Å²) in [6.45, 7) is 0.0447. The summed E-state index contributed by atoms with van der Waals surface area (Å²) in [5.41, 5.74) is -1.98. The molecule has 1 aromatic rings. The van der Waals surface area contributed by atoms with E-state index in [4.69, 9.17) is 16.3 Å². The second kappa shape index (κ2) is 9.75. The second-order valence-corrected chi connectivity index (χ2v) is 5.51. The molecule has 0 bridgehead atoms. The highest BCUT2D eigenvalue weighted by atomic mass is 35.5. The van der Waals surface area contributed by atoms with Gasteiger partial charge in [-0.15, -0.1) is 11.6 Å². The Morgan fingerprint density at radius 3 is 2.26 bits per heavy atom. The molecular weight excluding hydrogens is 336 g/mol. The minimum absolute atomic E-state index is 0.0447. The Morgan fingerprint density at radius 1 is 1.04 bits per heavy atom. The number of carbonyl (C=O) groups is 1. The van der Waals surface area contributed by atoms with Crippen molar-refractivity contribution in [2.24, 2.45) is 0 Å². The normalized spacial score (nSPS) is 11.5. The van der Waals surface area contributed by atoms with Gasteiger partial charge in [0.05, 0.1) is 17.7 Å². The van der Waals surface area contributed by atoms with Gasteiger partial charge >= 0.3 is 12.1 Å². The number of rotatable bonds is 9. The van der Waals surface area contributed by atoms with E-state index >= 15 is 0 Å². The van der Waals surface area contributed by atoms with Gasteiger partial charge in [-0.25, -0.2) is 9.18 Å². The fourth-order valence-corrected chi connectivity index (χ4v) is 2.26. The number of esters is 1. The van der Waals surface area contributed by atoms with Crippen molar-refractivity contribution in [3.63, 3.8) is 0 Å². The molecule has 0 fully saturated rings. The van der Waals surface area contributed by atoms with Crippen molar-refractivity contribution in [2.75, 3.05) is 12.5 Å². The molecule has 23 heavy (non-hydrogen) atoms. The lowest BCUT2D eigenvalue weighted by atomic mass is 10.1. The van der Waals surface area contributed by atoms with E-state index in [0.29, 0.717) is 18.4 Å². The third-order valence-corrected chi connectivity index (χ3v) is 3.54. The largest absolute Gasteiger partial charge is 0.462 e. The highest BCUT2D eigenvalue weighted by molar-refractivity contribution is 6.17. The Bertz CT molecular complexity index is 503. The van der Waals surface area contributed by atoms with Crippen LogP contribution in [-0.2, 0) is 10.9 Å². The van der Waals surface area contributed by atoms with Gasteiger partial charge in [0.25, 0.3) is 0 Å². The van der Waals surface area contributed by atoms with Crippen molar-refractivity contribution in [3.8, 4) is 0 Å². The monoisotopic (exact) mass is 354 g/mol. The molecule has 0 heterocycles. The lowest BCUT2D eigenvalue weighted by molar-refractivity contribution is -0.138. The number of benzene rings is 1. The number of alkyl halides is 4. The average Bonchev–Trinajstić information content (AvgIpc) is 2.48. The Labute approximate surface area is 137 Å². The third-order valence-electron chi connectivity index (χ3n) is 3.27. The minimum Gasteiger partial charge on any atom is -0.462 e. The first-order chi connectivity index (χ1) is 10.9. The van der Waals surface area contributed by atoms with E-state index in [-0.39, 0.29) is 6.61 Å². The van der Waals surface area contributed by atoms with Crippen LogP contribution in [0.1, 0.15) is 54.4 Å². The number of hydrogen-bond acceptors (Lipinski definition) is 2. The van der Waals surface area contributed by atoms with Gasteiger partial charge in [0.1, 0.15) is 5.82 Å². The first-order valence-corrected chi connectivity index (χ1v) is 7.99. The number of hydrogen-bond donors (Lipinski definition) is 0. The fourth-order valence-electron chi connectivity index (χ4n) is 2.08. The zero-order valence-corrected chi connectivity index (χ0v) is 13.4. The summed E-state index contributed by atoms with van der Waals surface area (Å²) in [6.07, 6.45) is 0.573. The summed E-state index contributed by atoms with van der Waals surface area (Å²) in [5, 5.41) is 0. The van der Waals surface area contributed by atoms with E-state index in [2.05, 4.69) is 0 Å². The van der Waals surface area contributed by atoms with E-state index in [1.807, 2.05) is 0 Å². The Hall–Kier alpha value is -1.30. The smallest absolute Gasteiger partial charge is 0.417 e. The van der Waals surface area contributed by atoms with Crippen LogP contribution in [0.15, 0.2) is 18.2 Å². The summed E-state index contributed by atoms with van der Waals surface area (Å²) in [7, 11) is 0. The van der Waals surface area contributed by atoms with Gasteiger partial charge in [-0.2, -0.15) is 13.2 Å². The molecular formula is C16H19ClF4O2. The zero-order valence-electron chi connectivity index (χ0n) is 12.6. The average molecular weight is 355 g/mol. The molecule has 2 nitrogen and oxygen atoms in total. The lowest BCUT2D eigenvalue weighted by Gasteiger charge is -2.12. The molecule has 0 saturated carbocycles. The number of halogens is 5. The van der Waals surface area contributed by atoms with Crippen molar-refractivity contribution in [3.05, 3.63) is 35.1 Å².